The van der Waals surface area contributed by atoms with Crippen molar-refractivity contribution in [3.63, 3.8) is 0 Å². The second-order valence-electron chi connectivity index (χ2n) is 9.59. The highest BCUT2D eigenvalue weighted by atomic mass is 19.1. The lowest BCUT2D eigenvalue weighted by Crippen LogP contribution is -2.28. The maximum absolute atomic E-state index is 13.3. The number of amides is 2. The van der Waals surface area contributed by atoms with E-state index in [2.05, 4.69) is 5.10 Å². The zero-order valence-electron chi connectivity index (χ0n) is 20.8. The molecule has 2 heterocycles. The second-order valence-corrected chi connectivity index (χ2v) is 9.59. The van der Waals surface area contributed by atoms with E-state index in [9.17, 15) is 14.0 Å². The Kier molecular flexibility index (Phi) is 6.65. The number of rotatable bonds is 5. The summed E-state index contributed by atoms with van der Waals surface area (Å²) in [6.07, 6.45) is 4.57. The third-order valence-electron chi connectivity index (χ3n) is 6.91. The van der Waals surface area contributed by atoms with Crippen LogP contribution in [0.1, 0.15) is 37.8 Å². The molecule has 7 nitrogen and oxygen atoms in total. The molecule has 37 heavy (non-hydrogen) atoms. The Bertz CT molecular complexity index is 1450. The molecule has 2 amide bonds. The minimum absolute atomic E-state index is 0.0535. The summed E-state index contributed by atoms with van der Waals surface area (Å²) in [5.74, 6) is 0.653. The van der Waals surface area contributed by atoms with Gasteiger partial charge in [-0.1, -0.05) is 19.1 Å². The van der Waals surface area contributed by atoms with Crippen LogP contribution in [0.3, 0.4) is 0 Å². The van der Waals surface area contributed by atoms with Crippen LogP contribution in [0.4, 0.5) is 10.1 Å². The number of anilines is 1. The number of carbonyl (C=O) groups excluding carboxylic acids is 2. The SMILES string of the molecule is COc1cccc([C@@H]2C[C@H](C)C(=O)N2c2ccc3c(cnn3-c3ccc(F)cc3)c2)c1.NC(=O)C1CC1. The van der Waals surface area contributed by atoms with Gasteiger partial charge in [0.25, 0.3) is 0 Å². The maximum Gasteiger partial charge on any atom is 0.230 e. The number of ether oxygens (including phenoxy) is 1. The lowest BCUT2D eigenvalue weighted by Gasteiger charge is -2.25. The van der Waals surface area contributed by atoms with Crippen LogP contribution in [0.5, 0.6) is 5.75 Å². The van der Waals surface area contributed by atoms with Crippen LogP contribution < -0.4 is 15.4 Å². The largest absolute Gasteiger partial charge is 0.497 e. The van der Waals surface area contributed by atoms with Gasteiger partial charge in [-0.15, -0.1) is 0 Å². The molecule has 0 spiro atoms. The standard InChI is InChI=1S/C25H22FN3O2.C4H7NO/c1-16-12-24(17-4-3-5-22(14-17)31-2)28(25(16)30)21-10-11-23-18(13-21)15-27-29(23)20-8-6-19(26)7-9-20;5-4(6)3-1-2-3/h3-11,13-16,24H,12H2,1-2H3;3H,1-2H2,(H2,5,6)/t16-,24-;/m0./s1. The predicted octanol–water partition coefficient (Wildman–Crippen LogP) is 5.17. The molecule has 3 aromatic carbocycles. The van der Waals surface area contributed by atoms with E-state index in [0.29, 0.717) is 0 Å². The minimum atomic E-state index is -0.284. The van der Waals surface area contributed by atoms with Gasteiger partial charge < -0.3 is 15.4 Å². The van der Waals surface area contributed by atoms with Crippen molar-refractivity contribution in [2.45, 2.75) is 32.2 Å². The molecule has 2 atom stereocenters. The number of fused-ring (bicyclic) bond motifs is 1. The average Bonchev–Trinajstić information content (AvgIpc) is 3.62. The fourth-order valence-electron chi connectivity index (χ4n) is 4.70. The Balaban J connectivity index is 0.000000412. The zero-order valence-corrected chi connectivity index (χ0v) is 20.8. The maximum atomic E-state index is 13.3. The molecular formula is C29H29FN4O3. The molecule has 1 saturated carbocycles. The molecule has 2 aliphatic rings. The van der Waals surface area contributed by atoms with Gasteiger partial charge in [0, 0.05) is 22.9 Å². The van der Waals surface area contributed by atoms with Crippen LogP contribution in [0.15, 0.2) is 72.9 Å². The van der Waals surface area contributed by atoms with Gasteiger partial charge in [-0.25, -0.2) is 9.07 Å². The first-order valence-electron chi connectivity index (χ1n) is 12.4. The number of halogens is 1. The van der Waals surface area contributed by atoms with Crippen LogP contribution in [0.2, 0.25) is 0 Å². The normalized spacial score (nSPS) is 19.0. The number of methoxy groups -OCH3 is 1. The summed E-state index contributed by atoms with van der Waals surface area (Å²) in [5.41, 5.74) is 8.43. The minimum Gasteiger partial charge on any atom is -0.497 e. The summed E-state index contributed by atoms with van der Waals surface area (Å²) in [5, 5.41) is 5.39. The monoisotopic (exact) mass is 500 g/mol. The summed E-state index contributed by atoms with van der Waals surface area (Å²) in [6, 6.07) is 20.0. The van der Waals surface area contributed by atoms with Crippen molar-refractivity contribution in [1.82, 2.24) is 9.78 Å². The summed E-state index contributed by atoms with van der Waals surface area (Å²) in [7, 11) is 1.64. The number of hydrogen-bond acceptors (Lipinski definition) is 4. The molecule has 1 saturated heterocycles. The first-order valence-corrected chi connectivity index (χ1v) is 12.4. The lowest BCUT2D eigenvalue weighted by molar-refractivity contribution is -0.120. The van der Waals surface area contributed by atoms with Crippen LogP contribution in [-0.2, 0) is 9.59 Å². The van der Waals surface area contributed by atoms with Gasteiger partial charge in [-0.2, -0.15) is 5.10 Å². The van der Waals surface area contributed by atoms with E-state index in [1.165, 1.54) is 12.1 Å². The number of primary amides is 1. The Hall–Kier alpha value is -4.20. The number of nitrogens with zero attached hydrogens (tertiary/aromatic N) is 3. The highest BCUT2D eigenvalue weighted by molar-refractivity contribution is 6.00. The molecular weight excluding hydrogens is 471 g/mol. The average molecular weight is 501 g/mol. The molecule has 0 radical (unpaired) electrons. The predicted molar refractivity (Wildman–Crippen MR) is 140 cm³/mol. The van der Waals surface area contributed by atoms with Crippen molar-refractivity contribution < 1.29 is 18.7 Å². The van der Waals surface area contributed by atoms with Crippen molar-refractivity contribution >= 4 is 28.4 Å². The van der Waals surface area contributed by atoms with E-state index >= 15 is 0 Å². The molecule has 1 aliphatic heterocycles. The molecule has 1 aromatic heterocycles. The molecule has 2 N–H and O–H groups in total. The number of hydrogen-bond donors (Lipinski definition) is 1. The molecule has 0 bridgehead atoms. The van der Waals surface area contributed by atoms with Crippen LogP contribution in [0, 0.1) is 17.7 Å². The van der Waals surface area contributed by atoms with Crippen molar-refractivity contribution in [3.05, 3.63) is 84.3 Å². The Morgan fingerprint density at radius 1 is 1.05 bits per heavy atom. The van der Waals surface area contributed by atoms with Gasteiger partial charge in [0.15, 0.2) is 0 Å². The number of benzene rings is 3. The van der Waals surface area contributed by atoms with Crippen molar-refractivity contribution in [2.75, 3.05) is 12.0 Å². The van der Waals surface area contributed by atoms with Crippen molar-refractivity contribution in [2.24, 2.45) is 17.6 Å². The first kappa shape index (κ1) is 24.5. The highest BCUT2D eigenvalue weighted by Gasteiger charge is 2.39. The number of nitrogens with two attached hydrogens (primary N) is 1. The van der Waals surface area contributed by atoms with E-state index in [1.54, 1.807) is 30.1 Å². The van der Waals surface area contributed by atoms with Crippen LogP contribution in [-0.4, -0.2) is 28.7 Å². The van der Waals surface area contributed by atoms with Gasteiger partial charge >= 0.3 is 0 Å². The van der Waals surface area contributed by atoms with Gasteiger partial charge in [0.2, 0.25) is 11.8 Å². The Morgan fingerprint density at radius 3 is 2.43 bits per heavy atom. The zero-order chi connectivity index (χ0) is 26.1. The molecule has 0 unspecified atom stereocenters. The van der Waals surface area contributed by atoms with Crippen molar-refractivity contribution in [3.8, 4) is 11.4 Å². The van der Waals surface area contributed by atoms with E-state index in [4.69, 9.17) is 10.5 Å². The van der Waals surface area contributed by atoms with E-state index in [-0.39, 0.29) is 35.5 Å². The molecule has 190 valence electrons. The van der Waals surface area contributed by atoms with E-state index in [0.717, 1.165) is 52.9 Å². The Labute approximate surface area is 214 Å². The van der Waals surface area contributed by atoms with E-state index < -0.39 is 0 Å². The third-order valence-corrected chi connectivity index (χ3v) is 6.91. The Morgan fingerprint density at radius 2 is 1.78 bits per heavy atom. The lowest BCUT2D eigenvalue weighted by atomic mass is 10.0. The summed E-state index contributed by atoms with van der Waals surface area (Å²) in [4.78, 5) is 24.9. The highest BCUT2D eigenvalue weighted by Crippen LogP contribution is 2.41. The molecule has 8 heteroatoms. The number of aromatic nitrogens is 2. The molecule has 6 rings (SSSR count). The first-order chi connectivity index (χ1) is 17.9. The fourth-order valence-corrected chi connectivity index (χ4v) is 4.70. The second kappa shape index (κ2) is 10.0. The van der Waals surface area contributed by atoms with E-state index in [1.807, 2.05) is 54.3 Å². The van der Waals surface area contributed by atoms with Crippen LogP contribution in [0.25, 0.3) is 16.6 Å². The summed E-state index contributed by atoms with van der Waals surface area (Å²) in [6.45, 7) is 1.97. The molecule has 1 aliphatic carbocycles. The smallest absolute Gasteiger partial charge is 0.230 e. The number of carbonyl (C=O) groups is 2. The summed E-state index contributed by atoms with van der Waals surface area (Å²) >= 11 is 0. The quantitative estimate of drug-likeness (QED) is 0.409. The summed E-state index contributed by atoms with van der Waals surface area (Å²) < 4.78 is 20.4. The molecule has 4 aromatic rings. The van der Waals surface area contributed by atoms with Gasteiger partial charge in [0.1, 0.15) is 11.6 Å². The van der Waals surface area contributed by atoms with Crippen LogP contribution >= 0.6 is 0 Å². The fraction of sp³-hybridized carbons (Fsp3) is 0.276. The van der Waals surface area contributed by atoms with Gasteiger partial charge in [0.05, 0.1) is 30.6 Å². The third kappa shape index (κ3) is 5.05. The topological polar surface area (TPSA) is 90.4 Å². The van der Waals surface area contributed by atoms with Crippen molar-refractivity contribution in [1.29, 1.82) is 0 Å². The van der Waals surface area contributed by atoms with Gasteiger partial charge in [-0.05, 0) is 79.4 Å². The molecule has 2 fully saturated rings. The van der Waals surface area contributed by atoms with Gasteiger partial charge in [-0.3, -0.25) is 9.59 Å².